The second-order valence-corrected chi connectivity index (χ2v) is 8.11. The lowest BCUT2D eigenvalue weighted by molar-refractivity contribution is -0.237. The molecule has 35 heavy (non-hydrogen) atoms. The van der Waals surface area contributed by atoms with Crippen LogP contribution in [0.4, 0.5) is 17.6 Å². The van der Waals surface area contributed by atoms with E-state index in [1.807, 2.05) is 13.8 Å². The molecule has 0 saturated carbocycles. The van der Waals surface area contributed by atoms with E-state index in [2.05, 4.69) is 15.0 Å². The van der Waals surface area contributed by atoms with Crippen molar-refractivity contribution >= 4 is 11.9 Å². The first-order chi connectivity index (χ1) is 16.5. The van der Waals surface area contributed by atoms with E-state index in [4.69, 9.17) is 0 Å². The third kappa shape index (κ3) is 6.24. The summed E-state index contributed by atoms with van der Waals surface area (Å²) in [5.41, 5.74) is 2.26. The molecule has 8 nitrogen and oxygen atoms in total. The first-order valence-electron chi connectivity index (χ1n) is 11.3. The summed E-state index contributed by atoms with van der Waals surface area (Å²) in [6, 6.07) is 4.13. The van der Waals surface area contributed by atoms with Gasteiger partial charge in [-0.25, -0.2) is 14.3 Å². The molecule has 1 saturated heterocycles. The Morgan fingerprint density at radius 2 is 1.80 bits per heavy atom. The van der Waals surface area contributed by atoms with Crippen LogP contribution in [-0.2, 0) is 28.9 Å². The number of carbonyl (C=O) groups is 2. The van der Waals surface area contributed by atoms with Gasteiger partial charge in [-0.05, 0) is 42.5 Å². The number of amides is 1. The average Bonchev–Trinajstić information content (AvgIpc) is 3.05. The fourth-order valence-corrected chi connectivity index (χ4v) is 4.07. The standard InChI is InChI=1S/C23H26F4N4O4/c1-3-15-16(4-2)20(32)29-28-19(15)13-14-6-7-18(24)17(12-14)21(33)30-8-5-9-31(11-10-30)35-22(34)23(25,26)27/h6-7,12H,3-5,8-11,13H2,1-2H3,(H,29,32). The minimum atomic E-state index is -5.12. The SMILES string of the molecule is CCc1c(Cc2ccc(F)c(C(=O)N3CCCN(OC(=O)C(F)(F)F)CC3)c2)n[nH]c(=O)c1CC. The first kappa shape index (κ1) is 26.3. The van der Waals surface area contributed by atoms with Crippen LogP contribution in [0.1, 0.15) is 53.0 Å². The topological polar surface area (TPSA) is 95.6 Å². The molecule has 1 aromatic carbocycles. The van der Waals surface area contributed by atoms with Gasteiger partial charge in [0.25, 0.3) is 11.5 Å². The van der Waals surface area contributed by atoms with Crippen molar-refractivity contribution in [1.29, 1.82) is 0 Å². The Bertz CT molecular complexity index is 1150. The zero-order valence-electron chi connectivity index (χ0n) is 19.4. The van der Waals surface area contributed by atoms with Gasteiger partial charge < -0.3 is 9.74 Å². The minimum absolute atomic E-state index is 0.00551. The van der Waals surface area contributed by atoms with E-state index in [0.717, 1.165) is 10.6 Å². The van der Waals surface area contributed by atoms with E-state index in [0.29, 0.717) is 29.7 Å². The van der Waals surface area contributed by atoms with Gasteiger partial charge in [0.2, 0.25) is 0 Å². The number of nitrogens with one attached hydrogen (secondary N) is 1. The highest BCUT2D eigenvalue weighted by Gasteiger charge is 2.42. The molecule has 0 spiro atoms. The molecular formula is C23H26F4N4O4. The number of hydrogen-bond donors (Lipinski definition) is 1. The van der Waals surface area contributed by atoms with E-state index < -0.39 is 23.9 Å². The van der Waals surface area contributed by atoms with Gasteiger partial charge in [0.15, 0.2) is 0 Å². The highest BCUT2D eigenvalue weighted by molar-refractivity contribution is 5.94. The largest absolute Gasteiger partial charge is 0.492 e. The maximum atomic E-state index is 14.6. The summed E-state index contributed by atoms with van der Waals surface area (Å²) in [4.78, 5) is 41.8. The lowest BCUT2D eigenvalue weighted by atomic mass is 9.98. The Morgan fingerprint density at radius 1 is 1.09 bits per heavy atom. The lowest BCUT2D eigenvalue weighted by Crippen LogP contribution is -2.38. The molecule has 190 valence electrons. The van der Waals surface area contributed by atoms with E-state index in [1.165, 1.54) is 23.1 Å². The summed E-state index contributed by atoms with van der Waals surface area (Å²) in [6.07, 6.45) is -3.49. The number of carbonyl (C=O) groups excluding carboxylic acids is 2. The molecule has 3 rings (SSSR count). The van der Waals surface area contributed by atoms with Gasteiger partial charge in [-0.2, -0.15) is 18.3 Å². The number of aromatic amines is 1. The molecule has 0 aliphatic carbocycles. The number of H-pyrrole nitrogens is 1. The summed E-state index contributed by atoms with van der Waals surface area (Å²) in [7, 11) is 0. The maximum absolute atomic E-state index is 14.6. The van der Waals surface area contributed by atoms with Crippen molar-refractivity contribution in [2.45, 2.75) is 45.7 Å². The molecule has 1 fully saturated rings. The number of halogens is 4. The fourth-order valence-electron chi connectivity index (χ4n) is 4.07. The summed E-state index contributed by atoms with van der Waals surface area (Å²) >= 11 is 0. The second kappa shape index (κ2) is 11.0. The Hall–Kier alpha value is -3.28. The van der Waals surface area contributed by atoms with E-state index >= 15 is 0 Å². The first-order valence-corrected chi connectivity index (χ1v) is 11.3. The van der Waals surface area contributed by atoms with Gasteiger partial charge in [0.1, 0.15) is 5.82 Å². The molecule has 0 bridgehead atoms. The Labute approximate surface area is 198 Å². The predicted octanol–water partition coefficient (Wildman–Crippen LogP) is 2.79. The summed E-state index contributed by atoms with van der Waals surface area (Å²) in [5.74, 6) is -3.68. The van der Waals surface area contributed by atoms with Crippen LogP contribution in [0.25, 0.3) is 0 Å². The molecule has 2 heterocycles. The zero-order valence-corrected chi connectivity index (χ0v) is 19.4. The van der Waals surface area contributed by atoms with Gasteiger partial charge in [-0.15, -0.1) is 5.06 Å². The molecule has 12 heteroatoms. The number of hydrogen-bond acceptors (Lipinski definition) is 6. The van der Waals surface area contributed by atoms with Crippen LogP contribution in [0.2, 0.25) is 0 Å². The fraction of sp³-hybridized carbons (Fsp3) is 0.478. The van der Waals surface area contributed by atoms with Crippen molar-refractivity contribution in [3.8, 4) is 0 Å². The molecule has 1 aliphatic heterocycles. The highest BCUT2D eigenvalue weighted by Crippen LogP contribution is 2.21. The third-order valence-corrected chi connectivity index (χ3v) is 5.80. The van der Waals surface area contributed by atoms with Crippen LogP contribution in [0.5, 0.6) is 0 Å². The van der Waals surface area contributed by atoms with Crippen LogP contribution >= 0.6 is 0 Å². The summed E-state index contributed by atoms with van der Waals surface area (Å²) < 4.78 is 51.9. The van der Waals surface area contributed by atoms with Crippen LogP contribution in [0.3, 0.4) is 0 Å². The maximum Gasteiger partial charge on any atom is 0.492 e. The monoisotopic (exact) mass is 498 g/mol. The van der Waals surface area contributed by atoms with Gasteiger partial charge in [-0.1, -0.05) is 19.9 Å². The number of rotatable bonds is 6. The normalized spacial score (nSPS) is 15.1. The number of nitrogens with zero attached hydrogens (tertiary/aromatic N) is 3. The van der Waals surface area contributed by atoms with Crippen LogP contribution in [0.15, 0.2) is 23.0 Å². The van der Waals surface area contributed by atoms with E-state index in [-0.39, 0.29) is 50.1 Å². The molecule has 2 aromatic rings. The average molecular weight is 498 g/mol. The van der Waals surface area contributed by atoms with Crippen LogP contribution in [-0.4, -0.2) is 64.4 Å². The van der Waals surface area contributed by atoms with Gasteiger partial charge in [0, 0.05) is 31.6 Å². The highest BCUT2D eigenvalue weighted by atomic mass is 19.4. The van der Waals surface area contributed by atoms with Crippen LogP contribution in [0, 0.1) is 5.82 Å². The summed E-state index contributed by atoms with van der Waals surface area (Å²) in [6.45, 7) is 3.75. The summed E-state index contributed by atoms with van der Waals surface area (Å²) in [5, 5.41) is 7.49. The number of hydroxylamine groups is 2. The van der Waals surface area contributed by atoms with Crippen molar-refractivity contribution in [2.75, 3.05) is 26.2 Å². The third-order valence-electron chi connectivity index (χ3n) is 5.80. The smallest absolute Gasteiger partial charge is 0.361 e. The lowest BCUT2D eigenvalue weighted by Gasteiger charge is -2.22. The van der Waals surface area contributed by atoms with Gasteiger partial charge in [0.05, 0.1) is 17.8 Å². The molecule has 1 aliphatic rings. The van der Waals surface area contributed by atoms with E-state index in [1.54, 1.807) is 0 Å². The predicted molar refractivity (Wildman–Crippen MR) is 117 cm³/mol. The van der Waals surface area contributed by atoms with Crippen LogP contribution < -0.4 is 5.56 Å². The Kier molecular flexibility index (Phi) is 8.26. The number of alkyl halides is 3. The molecule has 0 radical (unpaired) electrons. The molecule has 1 aromatic heterocycles. The van der Waals surface area contributed by atoms with Gasteiger partial charge >= 0.3 is 12.1 Å². The zero-order chi connectivity index (χ0) is 25.8. The molecular weight excluding hydrogens is 472 g/mol. The van der Waals surface area contributed by atoms with Gasteiger partial charge in [-0.3, -0.25) is 9.59 Å². The molecule has 1 N–H and O–H groups in total. The van der Waals surface area contributed by atoms with Crippen molar-refractivity contribution in [2.24, 2.45) is 0 Å². The van der Waals surface area contributed by atoms with Crippen molar-refractivity contribution in [1.82, 2.24) is 20.2 Å². The molecule has 1 amide bonds. The minimum Gasteiger partial charge on any atom is -0.361 e. The van der Waals surface area contributed by atoms with E-state index in [9.17, 15) is 31.9 Å². The number of benzene rings is 1. The quantitative estimate of drug-likeness (QED) is 0.616. The Balaban J connectivity index is 1.76. The molecule has 0 unspecified atom stereocenters. The van der Waals surface area contributed by atoms with Crippen molar-refractivity contribution in [3.05, 3.63) is 62.3 Å². The Morgan fingerprint density at radius 3 is 2.46 bits per heavy atom. The molecule has 0 atom stereocenters. The van der Waals surface area contributed by atoms with Crippen molar-refractivity contribution in [3.63, 3.8) is 0 Å². The number of aromatic nitrogens is 2. The second-order valence-electron chi connectivity index (χ2n) is 8.11. The van der Waals surface area contributed by atoms with Crippen molar-refractivity contribution < 1.29 is 32.0 Å².